The summed E-state index contributed by atoms with van der Waals surface area (Å²) < 4.78 is 0. The second-order valence-electron chi connectivity index (χ2n) is 4.61. The van der Waals surface area contributed by atoms with Gasteiger partial charge in [-0.25, -0.2) is 0 Å². The summed E-state index contributed by atoms with van der Waals surface area (Å²) in [7, 11) is 0. The third-order valence-corrected chi connectivity index (χ3v) is 3.41. The molecule has 2 N–H and O–H groups in total. The van der Waals surface area contributed by atoms with Crippen LogP contribution in [0.2, 0.25) is 0 Å². The minimum Gasteiger partial charge on any atom is -0.508 e. The minimum atomic E-state index is 0.0954. The smallest absolute Gasteiger partial charge is 0.124 e. The maximum absolute atomic E-state index is 9.81. The molecule has 1 aliphatic rings. The zero-order chi connectivity index (χ0) is 12.5. The minimum absolute atomic E-state index is 0.0954. The van der Waals surface area contributed by atoms with E-state index in [0.29, 0.717) is 6.54 Å². The standard InChI is InChI=1S/C15H15NO2/c17-13-6-5-12(15(18)9-13)10-16-8-7-11-3-1-2-4-14(11)16/h1-6,9,17-18H,7-8,10H2. The van der Waals surface area contributed by atoms with Gasteiger partial charge in [0.2, 0.25) is 0 Å². The predicted octanol–water partition coefficient (Wildman–Crippen LogP) is 2.66. The molecule has 0 radical (unpaired) electrons. The molecule has 1 heterocycles. The summed E-state index contributed by atoms with van der Waals surface area (Å²) in [5.74, 6) is 0.248. The largest absolute Gasteiger partial charge is 0.508 e. The Balaban J connectivity index is 1.86. The van der Waals surface area contributed by atoms with Gasteiger partial charge in [0, 0.05) is 30.4 Å². The number of nitrogens with zero attached hydrogens (tertiary/aromatic N) is 1. The Morgan fingerprint density at radius 3 is 2.72 bits per heavy atom. The number of hydrogen-bond acceptors (Lipinski definition) is 3. The van der Waals surface area contributed by atoms with Crippen molar-refractivity contribution in [1.82, 2.24) is 0 Å². The molecule has 0 spiro atoms. The van der Waals surface area contributed by atoms with Crippen molar-refractivity contribution in [3.05, 3.63) is 53.6 Å². The van der Waals surface area contributed by atoms with Gasteiger partial charge in [0.25, 0.3) is 0 Å². The molecular weight excluding hydrogens is 226 g/mol. The number of fused-ring (bicyclic) bond motifs is 1. The van der Waals surface area contributed by atoms with Gasteiger partial charge in [0.15, 0.2) is 0 Å². The van der Waals surface area contributed by atoms with Crippen LogP contribution in [0.3, 0.4) is 0 Å². The van der Waals surface area contributed by atoms with Crippen LogP contribution >= 0.6 is 0 Å². The molecule has 0 saturated heterocycles. The van der Waals surface area contributed by atoms with E-state index in [4.69, 9.17) is 0 Å². The summed E-state index contributed by atoms with van der Waals surface area (Å²) in [5.41, 5.74) is 3.44. The van der Waals surface area contributed by atoms with Gasteiger partial charge in [-0.2, -0.15) is 0 Å². The van der Waals surface area contributed by atoms with Crippen LogP contribution in [0.5, 0.6) is 11.5 Å². The van der Waals surface area contributed by atoms with Crippen molar-refractivity contribution >= 4 is 5.69 Å². The molecule has 18 heavy (non-hydrogen) atoms. The van der Waals surface area contributed by atoms with Gasteiger partial charge in [-0.15, -0.1) is 0 Å². The van der Waals surface area contributed by atoms with Crippen LogP contribution in [0.25, 0.3) is 0 Å². The van der Waals surface area contributed by atoms with E-state index in [-0.39, 0.29) is 11.5 Å². The van der Waals surface area contributed by atoms with E-state index in [1.807, 2.05) is 6.07 Å². The molecule has 0 saturated carbocycles. The monoisotopic (exact) mass is 241 g/mol. The van der Waals surface area contributed by atoms with Crippen LogP contribution in [0.15, 0.2) is 42.5 Å². The van der Waals surface area contributed by atoms with Gasteiger partial charge in [0.05, 0.1) is 0 Å². The maximum atomic E-state index is 9.81. The third kappa shape index (κ3) is 1.88. The quantitative estimate of drug-likeness (QED) is 0.849. The molecule has 3 nitrogen and oxygen atoms in total. The summed E-state index contributed by atoms with van der Waals surface area (Å²) in [4.78, 5) is 2.25. The van der Waals surface area contributed by atoms with E-state index in [1.165, 1.54) is 17.3 Å². The Morgan fingerprint density at radius 2 is 1.89 bits per heavy atom. The zero-order valence-corrected chi connectivity index (χ0v) is 10.0. The van der Waals surface area contributed by atoms with E-state index in [0.717, 1.165) is 18.5 Å². The average molecular weight is 241 g/mol. The fourth-order valence-corrected chi connectivity index (χ4v) is 2.46. The first-order valence-electron chi connectivity index (χ1n) is 6.08. The van der Waals surface area contributed by atoms with Crippen LogP contribution in [0.1, 0.15) is 11.1 Å². The highest BCUT2D eigenvalue weighted by atomic mass is 16.3. The van der Waals surface area contributed by atoms with Gasteiger partial charge in [-0.05, 0) is 30.2 Å². The van der Waals surface area contributed by atoms with Gasteiger partial charge >= 0.3 is 0 Å². The Bertz CT molecular complexity index is 580. The van der Waals surface area contributed by atoms with Crippen LogP contribution in [0.4, 0.5) is 5.69 Å². The molecule has 2 aromatic carbocycles. The summed E-state index contributed by atoms with van der Waals surface area (Å²) in [6.45, 7) is 1.64. The molecule has 0 amide bonds. The molecule has 0 bridgehead atoms. The Labute approximate surface area is 106 Å². The van der Waals surface area contributed by atoms with Crippen LogP contribution in [-0.2, 0) is 13.0 Å². The summed E-state index contributed by atoms with van der Waals surface area (Å²) in [6.07, 6.45) is 1.05. The predicted molar refractivity (Wildman–Crippen MR) is 71.0 cm³/mol. The van der Waals surface area contributed by atoms with Crippen LogP contribution in [0, 0.1) is 0 Å². The lowest BCUT2D eigenvalue weighted by molar-refractivity contribution is 0.445. The van der Waals surface area contributed by atoms with Gasteiger partial charge in [0.1, 0.15) is 11.5 Å². The molecule has 3 rings (SSSR count). The van der Waals surface area contributed by atoms with E-state index < -0.39 is 0 Å². The number of hydrogen-bond donors (Lipinski definition) is 2. The number of benzene rings is 2. The lowest BCUT2D eigenvalue weighted by atomic mass is 10.1. The van der Waals surface area contributed by atoms with Gasteiger partial charge < -0.3 is 15.1 Å². The highest BCUT2D eigenvalue weighted by Crippen LogP contribution is 2.31. The molecule has 92 valence electrons. The fraction of sp³-hybridized carbons (Fsp3) is 0.200. The number of phenolic OH excluding ortho intramolecular Hbond substituents is 2. The molecule has 3 heteroatoms. The zero-order valence-electron chi connectivity index (χ0n) is 10.0. The van der Waals surface area contributed by atoms with Crippen molar-refractivity contribution in [1.29, 1.82) is 0 Å². The fourth-order valence-electron chi connectivity index (χ4n) is 2.46. The number of anilines is 1. The number of rotatable bonds is 2. The number of aromatic hydroxyl groups is 2. The summed E-state index contributed by atoms with van der Waals surface area (Å²) >= 11 is 0. The van der Waals surface area contributed by atoms with E-state index in [2.05, 4.69) is 23.1 Å². The average Bonchev–Trinajstić information content (AvgIpc) is 2.76. The van der Waals surface area contributed by atoms with Crippen molar-refractivity contribution in [2.45, 2.75) is 13.0 Å². The van der Waals surface area contributed by atoms with Crippen LogP contribution in [-0.4, -0.2) is 16.8 Å². The van der Waals surface area contributed by atoms with E-state index in [9.17, 15) is 10.2 Å². The molecule has 2 aromatic rings. The topological polar surface area (TPSA) is 43.7 Å². The van der Waals surface area contributed by atoms with Crippen molar-refractivity contribution in [2.75, 3.05) is 11.4 Å². The van der Waals surface area contributed by atoms with Crippen molar-refractivity contribution in [3.63, 3.8) is 0 Å². The number of phenols is 2. The van der Waals surface area contributed by atoms with Gasteiger partial charge in [-0.3, -0.25) is 0 Å². The van der Waals surface area contributed by atoms with Crippen LogP contribution < -0.4 is 4.90 Å². The first kappa shape index (κ1) is 11.0. The second kappa shape index (κ2) is 4.26. The highest BCUT2D eigenvalue weighted by molar-refractivity contribution is 5.58. The van der Waals surface area contributed by atoms with E-state index in [1.54, 1.807) is 12.1 Å². The normalized spacial score (nSPS) is 13.7. The molecule has 1 aliphatic heterocycles. The highest BCUT2D eigenvalue weighted by Gasteiger charge is 2.19. The maximum Gasteiger partial charge on any atom is 0.124 e. The summed E-state index contributed by atoms with van der Waals surface area (Å²) in [6, 6.07) is 13.1. The first-order chi connectivity index (χ1) is 8.74. The molecule has 0 aromatic heterocycles. The molecular formula is C15H15NO2. The Kier molecular flexibility index (Phi) is 2.59. The van der Waals surface area contributed by atoms with Gasteiger partial charge in [-0.1, -0.05) is 18.2 Å². The Hall–Kier alpha value is -2.16. The summed E-state index contributed by atoms with van der Waals surface area (Å²) in [5, 5.41) is 19.1. The van der Waals surface area contributed by atoms with E-state index >= 15 is 0 Å². The number of para-hydroxylation sites is 1. The molecule has 0 aliphatic carbocycles. The molecule has 0 unspecified atom stereocenters. The molecule has 0 fully saturated rings. The second-order valence-corrected chi connectivity index (χ2v) is 4.61. The van der Waals surface area contributed by atoms with Crippen molar-refractivity contribution < 1.29 is 10.2 Å². The Morgan fingerprint density at radius 1 is 1.06 bits per heavy atom. The molecule has 0 atom stereocenters. The third-order valence-electron chi connectivity index (χ3n) is 3.41. The SMILES string of the molecule is Oc1ccc(CN2CCc3ccccc32)c(O)c1. The first-order valence-corrected chi connectivity index (χ1v) is 6.08. The van der Waals surface area contributed by atoms with Crippen molar-refractivity contribution in [2.24, 2.45) is 0 Å². The lowest BCUT2D eigenvalue weighted by Crippen LogP contribution is -2.19. The lowest BCUT2D eigenvalue weighted by Gasteiger charge is -2.20. The van der Waals surface area contributed by atoms with Crippen molar-refractivity contribution in [3.8, 4) is 11.5 Å².